The average molecular weight is 476 g/mol. The van der Waals surface area contributed by atoms with Crippen LogP contribution in [0.2, 0.25) is 0 Å². The number of carbonyl (C=O) groups is 4. The summed E-state index contributed by atoms with van der Waals surface area (Å²) in [5.41, 5.74) is 8.83. The molecule has 0 atom stereocenters. The smallest absolute Gasteiger partial charge is 0.340 e. The Morgan fingerprint density at radius 2 is 1.31 bits per heavy atom. The van der Waals surface area contributed by atoms with Gasteiger partial charge in [-0.15, -0.1) is 0 Å². The van der Waals surface area contributed by atoms with Crippen molar-refractivity contribution >= 4 is 34.8 Å². The van der Waals surface area contributed by atoms with E-state index < -0.39 is 24.3 Å². The van der Waals surface area contributed by atoms with Crippen molar-refractivity contribution in [3.8, 4) is 11.1 Å². The minimum atomic E-state index is -0.874. The maximum atomic E-state index is 13.0. The van der Waals surface area contributed by atoms with E-state index >= 15 is 0 Å². The van der Waals surface area contributed by atoms with Crippen molar-refractivity contribution in [3.05, 3.63) is 119 Å². The Morgan fingerprint density at radius 3 is 2.03 bits per heavy atom. The molecule has 0 aromatic heterocycles. The third kappa shape index (κ3) is 4.03. The minimum Gasteiger partial charge on any atom is -0.452 e. The van der Waals surface area contributed by atoms with Crippen LogP contribution in [0, 0.1) is 0 Å². The first-order valence-electron chi connectivity index (χ1n) is 11.2. The fourth-order valence-corrected chi connectivity index (χ4v) is 4.25. The first-order valence-corrected chi connectivity index (χ1v) is 11.2. The largest absolute Gasteiger partial charge is 0.452 e. The standard InChI is InChI=1S/C29H20N2O5/c30-26-22(15-14-21-25(26)28(34)20-12-5-4-11-19(20)27(21)33)29(35)36-16-24(32)31-23-13-7-6-10-18(23)17-8-2-1-3-9-17/h1-15H,16,30H2,(H,31,32). The zero-order chi connectivity index (χ0) is 25.2. The SMILES string of the molecule is Nc1c(C(=O)OCC(=O)Nc2ccccc2-c2ccccc2)ccc2c1C(=O)c1ccccc1C2=O. The Bertz CT molecular complexity index is 1540. The zero-order valence-corrected chi connectivity index (χ0v) is 19.0. The Labute approximate surface area is 206 Å². The molecule has 3 N–H and O–H groups in total. The molecule has 7 nitrogen and oxygen atoms in total. The molecule has 5 rings (SSSR count). The number of ketones is 2. The Morgan fingerprint density at radius 1 is 0.694 bits per heavy atom. The lowest BCUT2D eigenvalue weighted by Gasteiger charge is -2.20. The van der Waals surface area contributed by atoms with Gasteiger partial charge in [-0.1, -0.05) is 72.8 Å². The molecule has 0 spiro atoms. The molecule has 0 aliphatic heterocycles. The van der Waals surface area contributed by atoms with Crippen molar-refractivity contribution in [3.63, 3.8) is 0 Å². The van der Waals surface area contributed by atoms with E-state index in [2.05, 4.69) is 5.32 Å². The van der Waals surface area contributed by atoms with E-state index in [0.29, 0.717) is 5.69 Å². The van der Waals surface area contributed by atoms with E-state index in [0.717, 1.165) is 11.1 Å². The number of nitrogens with one attached hydrogen (secondary N) is 1. The second-order valence-corrected chi connectivity index (χ2v) is 8.19. The number of esters is 1. The summed E-state index contributed by atoms with van der Waals surface area (Å²) < 4.78 is 5.18. The number of nitrogens with two attached hydrogens (primary N) is 1. The third-order valence-electron chi connectivity index (χ3n) is 5.97. The van der Waals surface area contributed by atoms with E-state index in [9.17, 15) is 19.2 Å². The first kappa shape index (κ1) is 22.7. The number of benzene rings is 4. The van der Waals surface area contributed by atoms with Crippen LogP contribution >= 0.6 is 0 Å². The van der Waals surface area contributed by atoms with Crippen molar-refractivity contribution < 1.29 is 23.9 Å². The van der Waals surface area contributed by atoms with E-state index in [1.807, 2.05) is 42.5 Å². The predicted octanol–water partition coefficient (Wildman–Crippen LogP) is 4.51. The van der Waals surface area contributed by atoms with Gasteiger partial charge in [-0.25, -0.2) is 4.79 Å². The quantitative estimate of drug-likeness (QED) is 0.285. The highest BCUT2D eigenvalue weighted by Gasteiger charge is 2.33. The summed E-state index contributed by atoms with van der Waals surface area (Å²) in [5.74, 6) is -2.20. The fourth-order valence-electron chi connectivity index (χ4n) is 4.25. The number of rotatable bonds is 5. The van der Waals surface area contributed by atoms with Crippen LogP contribution in [0.3, 0.4) is 0 Å². The van der Waals surface area contributed by atoms with Crippen molar-refractivity contribution in [2.75, 3.05) is 17.7 Å². The van der Waals surface area contributed by atoms with Gasteiger partial charge in [0.05, 0.1) is 16.8 Å². The van der Waals surface area contributed by atoms with Crippen molar-refractivity contribution in [1.29, 1.82) is 0 Å². The van der Waals surface area contributed by atoms with Gasteiger partial charge in [0.2, 0.25) is 0 Å². The second kappa shape index (κ2) is 9.31. The number of ether oxygens (including phenoxy) is 1. The summed E-state index contributed by atoms with van der Waals surface area (Å²) in [6.45, 7) is -0.561. The molecular weight excluding hydrogens is 456 g/mol. The van der Waals surface area contributed by atoms with Crippen LogP contribution in [0.25, 0.3) is 11.1 Å². The van der Waals surface area contributed by atoms with Crippen molar-refractivity contribution in [2.45, 2.75) is 0 Å². The topological polar surface area (TPSA) is 116 Å². The molecule has 1 amide bonds. The van der Waals surface area contributed by atoms with Crippen LogP contribution in [0.4, 0.5) is 11.4 Å². The molecule has 0 radical (unpaired) electrons. The van der Waals surface area contributed by atoms with Gasteiger partial charge in [0.1, 0.15) is 0 Å². The maximum absolute atomic E-state index is 13.0. The van der Waals surface area contributed by atoms with Crippen LogP contribution in [0.5, 0.6) is 0 Å². The summed E-state index contributed by atoms with van der Waals surface area (Å²) in [5, 5.41) is 2.76. The van der Waals surface area contributed by atoms with Gasteiger partial charge < -0.3 is 15.8 Å². The van der Waals surface area contributed by atoms with E-state index in [1.165, 1.54) is 12.1 Å². The van der Waals surface area contributed by atoms with Crippen LogP contribution in [0.1, 0.15) is 42.2 Å². The average Bonchev–Trinajstić information content (AvgIpc) is 2.91. The molecule has 0 fully saturated rings. The number of hydrogen-bond donors (Lipinski definition) is 2. The normalized spacial score (nSPS) is 11.9. The monoisotopic (exact) mass is 476 g/mol. The number of fused-ring (bicyclic) bond motifs is 2. The molecule has 4 aromatic rings. The van der Waals surface area contributed by atoms with Crippen molar-refractivity contribution in [2.24, 2.45) is 0 Å². The number of para-hydroxylation sites is 1. The number of carbonyl (C=O) groups excluding carboxylic acids is 4. The third-order valence-corrected chi connectivity index (χ3v) is 5.97. The highest BCUT2D eigenvalue weighted by molar-refractivity contribution is 6.30. The number of hydrogen-bond acceptors (Lipinski definition) is 6. The summed E-state index contributed by atoms with van der Waals surface area (Å²) in [6.07, 6.45) is 0. The van der Waals surface area contributed by atoms with E-state index in [1.54, 1.807) is 36.4 Å². The molecule has 0 unspecified atom stereocenters. The number of amides is 1. The Hall–Kier alpha value is -5.04. The summed E-state index contributed by atoms with van der Waals surface area (Å²) >= 11 is 0. The molecular formula is C29H20N2O5. The van der Waals surface area contributed by atoms with Crippen LogP contribution < -0.4 is 11.1 Å². The predicted molar refractivity (Wildman–Crippen MR) is 135 cm³/mol. The van der Waals surface area contributed by atoms with Crippen LogP contribution in [0.15, 0.2) is 91.0 Å². The van der Waals surface area contributed by atoms with Gasteiger partial charge in [0.15, 0.2) is 18.2 Å². The summed E-state index contributed by atoms with van der Waals surface area (Å²) in [4.78, 5) is 51.2. The molecule has 1 aliphatic carbocycles. The summed E-state index contributed by atoms with van der Waals surface area (Å²) in [6, 6.07) is 26.0. The zero-order valence-electron chi connectivity index (χ0n) is 19.0. The molecule has 4 aromatic carbocycles. The minimum absolute atomic E-state index is 0.0330. The van der Waals surface area contributed by atoms with Gasteiger partial charge in [-0.3, -0.25) is 14.4 Å². The van der Waals surface area contributed by atoms with Crippen LogP contribution in [-0.2, 0) is 9.53 Å². The van der Waals surface area contributed by atoms with Gasteiger partial charge >= 0.3 is 5.97 Å². The Kier molecular flexibility index (Phi) is 5.88. The first-order chi connectivity index (χ1) is 17.5. The molecule has 36 heavy (non-hydrogen) atoms. The number of anilines is 2. The Balaban J connectivity index is 1.32. The molecule has 0 bridgehead atoms. The highest BCUT2D eigenvalue weighted by atomic mass is 16.5. The van der Waals surface area contributed by atoms with Crippen LogP contribution in [-0.4, -0.2) is 30.0 Å². The molecule has 0 saturated heterocycles. The van der Waals surface area contributed by atoms with E-state index in [-0.39, 0.29) is 39.3 Å². The molecule has 0 saturated carbocycles. The molecule has 1 aliphatic rings. The maximum Gasteiger partial charge on any atom is 0.340 e. The van der Waals surface area contributed by atoms with E-state index in [4.69, 9.17) is 10.5 Å². The lowest BCUT2D eigenvalue weighted by Crippen LogP contribution is -2.25. The van der Waals surface area contributed by atoms with Gasteiger partial charge in [0, 0.05) is 27.9 Å². The van der Waals surface area contributed by atoms with Gasteiger partial charge in [-0.2, -0.15) is 0 Å². The molecule has 0 heterocycles. The van der Waals surface area contributed by atoms with Crippen molar-refractivity contribution in [1.82, 2.24) is 0 Å². The van der Waals surface area contributed by atoms with Gasteiger partial charge in [0.25, 0.3) is 5.91 Å². The molecule has 7 heteroatoms. The lowest BCUT2D eigenvalue weighted by molar-refractivity contribution is -0.119. The molecule has 176 valence electrons. The summed E-state index contributed by atoms with van der Waals surface area (Å²) in [7, 11) is 0. The highest BCUT2D eigenvalue weighted by Crippen LogP contribution is 2.33. The lowest BCUT2D eigenvalue weighted by atomic mass is 9.82. The van der Waals surface area contributed by atoms with Gasteiger partial charge in [-0.05, 0) is 23.8 Å². The second-order valence-electron chi connectivity index (χ2n) is 8.19. The fraction of sp³-hybridized carbons (Fsp3) is 0.0345. The number of nitrogen functional groups attached to an aromatic ring is 1.